The SMILES string of the molecule is COCC(O)CCNC(C)c1cc(Br)cs1. The number of nitrogens with one attached hydrogen (secondary N) is 1. The van der Waals surface area contributed by atoms with Gasteiger partial charge in [-0.1, -0.05) is 0 Å². The van der Waals surface area contributed by atoms with Crippen molar-refractivity contribution < 1.29 is 9.84 Å². The maximum absolute atomic E-state index is 9.47. The summed E-state index contributed by atoms with van der Waals surface area (Å²) in [7, 11) is 1.60. The van der Waals surface area contributed by atoms with Gasteiger partial charge in [0.1, 0.15) is 0 Å². The van der Waals surface area contributed by atoms with E-state index in [0.717, 1.165) is 11.0 Å². The Kier molecular flexibility index (Phi) is 6.53. The number of hydrogen-bond acceptors (Lipinski definition) is 4. The van der Waals surface area contributed by atoms with Crippen molar-refractivity contribution in [3.8, 4) is 0 Å². The Morgan fingerprint density at radius 2 is 2.38 bits per heavy atom. The van der Waals surface area contributed by atoms with Crippen LogP contribution in [0, 0.1) is 0 Å². The van der Waals surface area contributed by atoms with E-state index in [1.165, 1.54) is 4.88 Å². The van der Waals surface area contributed by atoms with Crippen LogP contribution < -0.4 is 5.32 Å². The molecular weight excluding hydrogens is 290 g/mol. The highest BCUT2D eigenvalue weighted by atomic mass is 79.9. The summed E-state index contributed by atoms with van der Waals surface area (Å²) >= 11 is 5.17. The molecule has 1 rings (SSSR count). The Morgan fingerprint density at radius 3 is 2.94 bits per heavy atom. The highest BCUT2D eigenvalue weighted by Gasteiger charge is 2.08. The van der Waals surface area contributed by atoms with E-state index in [2.05, 4.69) is 39.6 Å². The minimum Gasteiger partial charge on any atom is -0.391 e. The Balaban J connectivity index is 2.22. The predicted octanol–water partition coefficient (Wildman–Crippen LogP) is 2.56. The quantitative estimate of drug-likeness (QED) is 0.813. The Labute approximate surface area is 109 Å². The van der Waals surface area contributed by atoms with Crippen LogP contribution in [0.3, 0.4) is 0 Å². The van der Waals surface area contributed by atoms with E-state index in [-0.39, 0.29) is 6.10 Å². The van der Waals surface area contributed by atoms with E-state index in [0.29, 0.717) is 19.1 Å². The molecule has 2 atom stereocenters. The second-order valence-corrected chi connectivity index (χ2v) is 5.60. The minimum absolute atomic E-state index is 0.325. The van der Waals surface area contributed by atoms with Crippen molar-refractivity contribution in [2.45, 2.75) is 25.5 Å². The van der Waals surface area contributed by atoms with Crippen LogP contribution in [-0.2, 0) is 4.74 Å². The zero-order valence-electron chi connectivity index (χ0n) is 9.57. The summed E-state index contributed by atoms with van der Waals surface area (Å²) in [6, 6.07) is 2.44. The fourth-order valence-corrected chi connectivity index (χ4v) is 2.88. The topological polar surface area (TPSA) is 41.5 Å². The molecule has 0 spiro atoms. The van der Waals surface area contributed by atoms with Crippen LogP contribution in [-0.4, -0.2) is 31.5 Å². The molecule has 0 fully saturated rings. The number of halogens is 1. The van der Waals surface area contributed by atoms with E-state index >= 15 is 0 Å². The van der Waals surface area contributed by atoms with Gasteiger partial charge >= 0.3 is 0 Å². The number of thiophene rings is 1. The van der Waals surface area contributed by atoms with E-state index in [4.69, 9.17) is 4.74 Å². The van der Waals surface area contributed by atoms with E-state index in [9.17, 15) is 5.11 Å². The third kappa shape index (κ3) is 4.93. The van der Waals surface area contributed by atoms with Gasteiger partial charge in [0.25, 0.3) is 0 Å². The van der Waals surface area contributed by atoms with Gasteiger partial charge in [-0.05, 0) is 41.9 Å². The first-order chi connectivity index (χ1) is 7.63. The molecule has 0 bridgehead atoms. The smallest absolute Gasteiger partial charge is 0.0785 e. The molecule has 2 N–H and O–H groups in total. The van der Waals surface area contributed by atoms with Gasteiger partial charge in [0.2, 0.25) is 0 Å². The van der Waals surface area contributed by atoms with Crippen LogP contribution in [0.4, 0.5) is 0 Å². The first-order valence-electron chi connectivity index (χ1n) is 5.27. The predicted molar refractivity (Wildman–Crippen MR) is 70.9 cm³/mol. The Bertz CT molecular complexity index is 306. The number of aliphatic hydroxyl groups is 1. The lowest BCUT2D eigenvalue weighted by molar-refractivity contribution is 0.0591. The van der Waals surface area contributed by atoms with Crippen molar-refractivity contribution in [1.82, 2.24) is 5.32 Å². The molecule has 92 valence electrons. The van der Waals surface area contributed by atoms with Crippen LogP contribution in [0.25, 0.3) is 0 Å². The lowest BCUT2D eigenvalue weighted by Crippen LogP contribution is -2.25. The summed E-state index contributed by atoms with van der Waals surface area (Å²) in [6.07, 6.45) is 0.338. The monoisotopic (exact) mass is 307 g/mol. The van der Waals surface area contributed by atoms with Crippen molar-refractivity contribution in [3.63, 3.8) is 0 Å². The Morgan fingerprint density at radius 1 is 1.62 bits per heavy atom. The van der Waals surface area contributed by atoms with E-state index in [1.54, 1.807) is 18.4 Å². The zero-order chi connectivity index (χ0) is 12.0. The van der Waals surface area contributed by atoms with Crippen molar-refractivity contribution >= 4 is 27.3 Å². The average molecular weight is 308 g/mol. The number of ether oxygens (including phenoxy) is 1. The standard InChI is InChI=1S/C11H18BrNO2S/c1-8(11-5-9(12)7-16-11)13-4-3-10(14)6-15-2/h5,7-8,10,13-14H,3-4,6H2,1-2H3. The largest absolute Gasteiger partial charge is 0.391 e. The highest BCUT2D eigenvalue weighted by molar-refractivity contribution is 9.10. The zero-order valence-corrected chi connectivity index (χ0v) is 12.0. The lowest BCUT2D eigenvalue weighted by atomic mass is 10.2. The van der Waals surface area contributed by atoms with E-state index in [1.807, 2.05) is 0 Å². The third-order valence-corrected chi connectivity index (χ3v) is 4.18. The summed E-state index contributed by atoms with van der Waals surface area (Å²) in [5, 5.41) is 14.9. The van der Waals surface area contributed by atoms with Crippen LogP contribution in [0.1, 0.15) is 24.3 Å². The molecule has 1 aromatic heterocycles. The van der Waals surface area contributed by atoms with Gasteiger partial charge in [-0.25, -0.2) is 0 Å². The molecule has 16 heavy (non-hydrogen) atoms. The maximum atomic E-state index is 9.47. The summed E-state index contributed by atoms with van der Waals surface area (Å²) < 4.78 is 5.99. The highest BCUT2D eigenvalue weighted by Crippen LogP contribution is 2.25. The third-order valence-electron chi connectivity index (χ3n) is 2.30. The van der Waals surface area contributed by atoms with Gasteiger partial charge in [0.15, 0.2) is 0 Å². The fraction of sp³-hybridized carbons (Fsp3) is 0.636. The lowest BCUT2D eigenvalue weighted by Gasteiger charge is -2.14. The molecule has 1 heterocycles. The molecule has 3 nitrogen and oxygen atoms in total. The van der Waals surface area contributed by atoms with Crippen molar-refractivity contribution in [2.75, 3.05) is 20.3 Å². The van der Waals surface area contributed by atoms with Crippen LogP contribution in [0.2, 0.25) is 0 Å². The molecule has 0 aliphatic carbocycles. The van der Waals surface area contributed by atoms with Crippen LogP contribution in [0.5, 0.6) is 0 Å². The van der Waals surface area contributed by atoms with Crippen molar-refractivity contribution in [1.29, 1.82) is 0 Å². The van der Waals surface area contributed by atoms with Crippen LogP contribution >= 0.6 is 27.3 Å². The first-order valence-corrected chi connectivity index (χ1v) is 6.95. The Hall–Kier alpha value is 0.0600. The number of hydrogen-bond donors (Lipinski definition) is 2. The average Bonchev–Trinajstić information content (AvgIpc) is 2.65. The summed E-state index contributed by atoms with van der Waals surface area (Å²) in [5.74, 6) is 0. The number of aliphatic hydroxyl groups excluding tert-OH is 1. The molecule has 1 aromatic rings. The van der Waals surface area contributed by atoms with Gasteiger partial charge in [-0.15, -0.1) is 11.3 Å². The molecule has 5 heteroatoms. The summed E-state index contributed by atoms with van der Waals surface area (Å²) in [6.45, 7) is 3.32. The van der Waals surface area contributed by atoms with Gasteiger partial charge in [-0.3, -0.25) is 0 Å². The maximum Gasteiger partial charge on any atom is 0.0785 e. The summed E-state index contributed by atoms with van der Waals surface area (Å²) in [5.41, 5.74) is 0. The molecule has 2 unspecified atom stereocenters. The first kappa shape index (κ1) is 14.1. The fourth-order valence-electron chi connectivity index (χ4n) is 1.40. The van der Waals surface area contributed by atoms with Crippen molar-refractivity contribution in [2.24, 2.45) is 0 Å². The molecule has 0 aromatic carbocycles. The number of methoxy groups -OCH3 is 1. The van der Waals surface area contributed by atoms with E-state index < -0.39 is 0 Å². The minimum atomic E-state index is -0.375. The number of rotatable bonds is 7. The summed E-state index contributed by atoms with van der Waals surface area (Å²) in [4.78, 5) is 1.30. The van der Waals surface area contributed by atoms with Gasteiger partial charge in [0, 0.05) is 27.9 Å². The molecule has 0 saturated carbocycles. The van der Waals surface area contributed by atoms with Gasteiger partial charge in [-0.2, -0.15) is 0 Å². The van der Waals surface area contributed by atoms with Crippen molar-refractivity contribution in [3.05, 3.63) is 20.8 Å². The second-order valence-electron chi connectivity index (χ2n) is 3.74. The van der Waals surface area contributed by atoms with Crippen LogP contribution in [0.15, 0.2) is 15.9 Å². The molecule has 0 aliphatic rings. The van der Waals surface area contributed by atoms with Gasteiger partial charge < -0.3 is 15.2 Å². The molecule has 0 saturated heterocycles. The van der Waals surface area contributed by atoms with Gasteiger partial charge in [0.05, 0.1) is 12.7 Å². The molecule has 0 aliphatic heterocycles. The second kappa shape index (κ2) is 7.40. The molecule has 0 amide bonds. The normalized spacial score (nSPS) is 15.0. The molecular formula is C11H18BrNO2S. The molecule has 0 radical (unpaired) electrons.